The predicted octanol–water partition coefficient (Wildman–Crippen LogP) is 3.96. The molecule has 3 amide bonds. The van der Waals surface area contributed by atoms with E-state index >= 15 is 0 Å². The number of hydrogen-bond donors (Lipinski definition) is 0. The van der Waals surface area contributed by atoms with Crippen molar-refractivity contribution in [2.45, 2.75) is 45.1 Å². The van der Waals surface area contributed by atoms with Crippen molar-refractivity contribution in [3.63, 3.8) is 0 Å². The molecule has 2 fully saturated rings. The van der Waals surface area contributed by atoms with Crippen LogP contribution in [0.2, 0.25) is 0 Å². The molecule has 0 bridgehead atoms. The molecule has 148 valence electrons. The van der Waals surface area contributed by atoms with Crippen LogP contribution in [0.25, 0.3) is 0 Å². The summed E-state index contributed by atoms with van der Waals surface area (Å²) in [5.41, 5.74) is 3.28. The van der Waals surface area contributed by atoms with Crippen LogP contribution in [-0.4, -0.2) is 23.8 Å². The largest absolute Gasteiger partial charge is 0.305 e. The van der Waals surface area contributed by atoms with Gasteiger partial charge in [0, 0.05) is 17.3 Å². The zero-order valence-corrected chi connectivity index (χ0v) is 16.5. The minimum absolute atomic E-state index is 0.0539. The Morgan fingerprint density at radius 3 is 2.17 bits per heavy atom. The van der Waals surface area contributed by atoms with Gasteiger partial charge in [-0.15, -0.1) is 0 Å². The average Bonchev–Trinajstić information content (AvgIpc) is 3.21. The summed E-state index contributed by atoms with van der Waals surface area (Å²) >= 11 is 0. The first kappa shape index (κ1) is 18.1. The summed E-state index contributed by atoms with van der Waals surface area (Å²) in [6.07, 6.45) is 4.47. The number of carbonyl (C=O) groups is 3. The molecule has 0 N–H and O–H groups in total. The first-order valence-corrected chi connectivity index (χ1v) is 10.5. The van der Waals surface area contributed by atoms with E-state index in [1.807, 2.05) is 23.1 Å². The summed E-state index contributed by atoms with van der Waals surface area (Å²) in [4.78, 5) is 41.9. The maximum atomic E-state index is 13.2. The molecule has 5 nitrogen and oxygen atoms in total. The molecular formula is C24H24N2O3. The lowest BCUT2D eigenvalue weighted by Gasteiger charge is -2.23. The fourth-order valence-electron chi connectivity index (χ4n) is 5.18. The first-order valence-electron chi connectivity index (χ1n) is 10.5. The molecule has 2 heterocycles. The van der Waals surface area contributed by atoms with Crippen LogP contribution in [0.4, 0.5) is 11.4 Å². The summed E-state index contributed by atoms with van der Waals surface area (Å²) in [5.74, 6) is -0.553. The Morgan fingerprint density at radius 2 is 1.52 bits per heavy atom. The van der Waals surface area contributed by atoms with Crippen LogP contribution < -0.4 is 9.80 Å². The topological polar surface area (TPSA) is 57.7 Å². The number of amides is 3. The monoisotopic (exact) mass is 388 g/mol. The number of fused-ring (bicyclic) bond motifs is 2. The van der Waals surface area contributed by atoms with E-state index in [2.05, 4.69) is 13.0 Å². The van der Waals surface area contributed by atoms with Crippen molar-refractivity contribution in [3.8, 4) is 0 Å². The van der Waals surface area contributed by atoms with Crippen molar-refractivity contribution in [2.24, 2.45) is 11.8 Å². The Labute approximate surface area is 170 Å². The summed E-state index contributed by atoms with van der Waals surface area (Å²) in [5, 5.41) is 0. The van der Waals surface area contributed by atoms with Gasteiger partial charge in [0.1, 0.15) is 0 Å². The number of anilines is 2. The minimum Gasteiger partial charge on any atom is -0.305 e. The van der Waals surface area contributed by atoms with Gasteiger partial charge in [0.2, 0.25) is 11.8 Å². The van der Waals surface area contributed by atoms with Crippen molar-refractivity contribution < 1.29 is 14.4 Å². The molecule has 2 aliphatic heterocycles. The maximum absolute atomic E-state index is 13.2. The number of para-hydroxylation sites is 1. The highest BCUT2D eigenvalue weighted by molar-refractivity contribution is 6.22. The lowest BCUT2D eigenvalue weighted by Crippen LogP contribution is -2.35. The van der Waals surface area contributed by atoms with Gasteiger partial charge in [-0.25, -0.2) is 0 Å². The van der Waals surface area contributed by atoms with E-state index in [1.54, 1.807) is 24.3 Å². The summed E-state index contributed by atoms with van der Waals surface area (Å²) in [6, 6.07) is 15.0. The SMILES string of the molecule is C[C@@H]1Cc2ccccc2N1C(=O)c1ccc(N2C(=O)[C@H]3CCCC[C@H]3C2=O)cc1. The predicted molar refractivity (Wildman–Crippen MR) is 111 cm³/mol. The van der Waals surface area contributed by atoms with E-state index in [1.165, 1.54) is 10.5 Å². The van der Waals surface area contributed by atoms with E-state index in [-0.39, 0.29) is 35.6 Å². The van der Waals surface area contributed by atoms with Crippen molar-refractivity contribution in [1.29, 1.82) is 0 Å². The molecule has 1 aliphatic carbocycles. The second kappa shape index (κ2) is 6.83. The van der Waals surface area contributed by atoms with Gasteiger partial charge in [0.15, 0.2) is 0 Å². The van der Waals surface area contributed by atoms with Gasteiger partial charge in [-0.1, -0.05) is 31.0 Å². The summed E-state index contributed by atoms with van der Waals surface area (Å²) in [7, 11) is 0. The molecule has 2 aromatic rings. The van der Waals surface area contributed by atoms with Gasteiger partial charge in [0.25, 0.3) is 5.91 Å². The number of nitrogens with zero attached hydrogens (tertiary/aromatic N) is 2. The molecule has 0 aromatic heterocycles. The quantitative estimate of drug-likeness (QED) is 0.732. The highest BCUT2D eigenvalue weighted by Gasteiger charge is 2.48. The normalized spacial score (nSPS) is 25.9. The molecule has 3 atom stereocenters. The van der Waals surface area contributed by atoms with E-state index in [4.69, 9.17) is 0 Å². The highest BCUT2D eigenvalue weighted by atomic mass is 16.2. The molecule has 0 spiro atoms. The van der Waals surface area contributed by atoms with Gasteiger partial charge in [-0.05, 0) is 62.1 Å². The Bertz CT molecular complexity index is 973. The number of benzene rings is 2. The van der Waals surface area contributed by atoms with Crippen LogP contribution in [0.1, 0.15) is 48.5 Å². The van der Waals surface area contributed by atoms with Gasteiger partial charge < -0.3 is 4.90 Å². The second-order valence-corrected chi connectivity index (χ2v) is 8.41. The molecule has 0 unspecified atom stereocenters. The van der Waals surface area contributed by atoms with Crippen molar-refractivity contribution >= 4 is 29.1 Å². The first-order chi connectivity index (χ1) is 14.1. The van der Waals surface area contributed by atoms with Crippen LogP contribution in [0, 0.1) is 11.8 Å². The van der Waals surface area contributed by atoms with E-state index in [0.29, 0.717) is 11.3 Å². The summed E-state index contributed by atoms with van der Waals surface area (Å²) < 4.78 is 0. The van der Waals surface area contributed by atoms with E-state index < -0.39 is 0 Å². The number of rotatable bonds is 2. The fraction of sp³-hybridized carbons (Fsp3) is 0.375. The molecule has 5 rings (SSSR count). The van der Waals surface area contributed by atoms with Crippen molar-refractivity contribution in [2.75, 3.05) is 9.80 Å². The zero-order valence-electron chi connectivity index (χ0n) is 16.5. The van der Waals surface area contributed by atoms with E-state index in [0.717, 1.165) is 37.8 Å². The lowest BCUT2D eigenvalue weighted by molar-refractivity contribution is -0.122. The third kappa shape index (κ3) is 2.79. The Morgan fingerprint density at radius 1 is 0.897 bits per heavy atom. The zero-order chi connectivity index (χ0) is 20.1. The highest BCUT2D eigenvalue weighted by Crippen LogP contribution is 2.40. The Kier molecular flexibility index (Phi) is 4.26. The lowest BCUT2D eigenvalue weighted by atomic mass is 9.81. The number of hydrogen-bond acceptors (Lipinski definition) is 3. The third-order valence-electron chi connectivity index (χ3n) is 6.64. The maximum Gasteiger partial charge on any atom is 0.258 e. The van der Waals surface area contributed by atoms with Crippen LogP contribution in [0.15, 0.2) is 48.5 Å². The molecular weight excluding hydrogens is 364 g/mol. The van der Waals surface area contributed by atoms with Crippen LogP contribution in [-0.2, 0) is 16.0 Å². The van der Waals surface area contributed by atoms with Gasteiger partial charge in [0.05, 0.1) is 17.5 Å². The van der Waals surface area contributed by atoms with Gasteiger partial charge in [-0.2, -0.15) is 0 Å². The van der Waals surface area contributed by atoms with Crippen LogP contribution in [0.5, 0.6) is 0 Å². The fourth-order valence-corrected chi connectivity index (χ4v) is 5.18. The van der Waals surface area contributed by atoms with Crippen molar-refractivity contribution in [3.05, 3.63) is 59.7 Å². The molecule has 0 radical (unpaired) electrons. The minimum atomic E-state index is -0.167. The van der Waals surface area contributed by atoms with Crippen LogP contribution in [0.3, 0.4) is 0 Å². The van der Waals surface area contributed by atoms with Crippen LogP contribution >= 0.6 is 0 Å². The Balaban J connectivity index is 1.40. The Hall–Kier alpha value is -2.95. The molecule has 2 aromatic carbocycles. The molecule has 29 heavy (non-hydrogen) atoms. The van der Waals surface area contributed by atoms with E-state index in [9.17, 15) is 14.4 Å². The average molecular weight is 388 g/mol. The molecule has 3 aliphatic rings. The molecule has 1 saturated carbocycles. The third-order valence-corrected chi connectivity index (χ3v) is 6.64. The molecule has 1 saturated heterocycles. The second-order valence-electron chi connectivity index (χ2n) is 8.41. The number of imide groups is 1. The smallest absolute Gasteiger partial charge is 0.258 e. The number of carbonyl (C=O) groups excluding carboxylic acids is 3. The van der Waals surface area contributed by atoms with Gasteiger partial charge >= 0.3 is 0 Å². The molecule has 5 heteroatoms. The van der Waals surface area contributed by atoms with Gasteiger partial charge in [-0.3, -0.25) is 19.3 Å². The standard InChI is InChI=1S/C24H24N2O3/c1-15-14-17-6-2-5-9-21(17)25(15)22(27)16-10-12-18(13-11-16)26-23(28)19-7-3-4-8-20(19)24(26)29/h2,5-6,9-13,15,19-20H,3-4,7-8,14H2,1H3/t15-,19-,20+/m1/s1. The van der Waals surface area contributed by atoms with Crippen molar-refractivity contribution in [1.82, 2.24) is 0 Å². The summed E-state index contributed by atoms with van der Waals surface area (Å²) in [6.45, 7) is 2.05.